The van der Waals surface area contributed by atoms with Crippen LogP contribution in [0.5, 0.6) is 0 Å². The van der Waals surface area contributed by atoms with Gasteiger partial charge in [-0.3, -0.25) is 9.69 Å². The summed E-state index contributed by atoms with van der Waals surface area (Å²) in [5.74, 6) is 0.173. The standard InChI is InChI=1S/C24H35N3O3/c1-7-23(11-10-18(12-23)27-16(2)8-9-17(27)3)20(28)25-15-24(22(4,5)6)13-19(25)14-26(24)21(29)30/h8-11,18-19H,7,12-15H2,1-6H3,(H,29,30)/t18-,19+,23+,24-/m1/s1. The Morgan fingerprint density at radius 1 is 1.17 bits per heavy atom. The Bertz CT molecular complexity index is 892. The van der Waals surface area contributed by atoms with Crippen LogP contribution in [0.2, 0.25) is 0 Å². The molecule has 0 radical (unpaired) electrons. The molecule has 0 saturated carbocycles. The number of carbonyl (C=O) groups excluding carboxylic acids is 1. The van der Waals surface area contributed by atoms with Gasteiger partial charge in [-0.25, -0.2) is 4.79 Å². The van der Waals surface area contributed by atoms with Gasteiger partial charge in [-0.05, 0) is 50.7 Å². The topological polar surface area (TPSA) is 65.8 Å². The molecule has 0 unspecified atom stereocenters. The first kappa shape index (κ1) is 21.0. The van der Waals surface area contributed by atoms with Crippen molar-refractivity contribution in [2.24, 2.45) is 10.8 Å². The van der Waals surface area contributed by atoms with Crippen LogP contribution in [0.4, 0.5) is 4.79 Å². The van der Waals surface area contributed by atoms with Crippen molar-refractivity contribution in [3.63, 3.8) is 0 Å². The normalized spacial score (nSPS) is 33.0. The van der Waals surface area contributed by atoms with E-state index in [4.69, 9.17) is 0 Å². The summed E-state index contributed by atoms with van der Waals surface area (Å²) in [6, 6.07) is 4.42. The van der Waals surface area contributed by atoms with Crippen molar-refractivity contribution < 1.29 is 14.7 Å². The number of allylic oxidation sites excluding steroid dienone is 1. The minimum absolute atomic E-state index is 0.0289. The highest BCUT2D eigenvalue weighted by atomic mass is 16.4. The molecule has 1 aromatic rings. The lowest BCUT2D eigenvalue weighted by Gasteiger charge is -2.49. The number of carbonyl (C=O) groups is 2. The molecule has 30 heavy (non-hydrogen) atoms. The SMILES string of the molecule is CC[C@]1(C(=O)N2C[C@@]3(C(C)(C)C)C[C@H]2CN3C(=O)O)C=C[C@@H](n2c(C)ccc2C)C1. The van der Waals surface area contributed by atoms with Crippen LogP contribution in [0.1, 0.15) is 64.4 Å². The fraction of sp³-hybridized carbons (Fsp3) is 0.667. The monoisotopic (exact) mass is 413 g/mol. The minimum atomic E-state index is -0.871. The summed E-state index contributed by atoms with van der Waals surface area (Å²) in [5, 5.41) is 9.80. The Labute approximate surface area is 179 Å². The molecule has 1 aliphatic carbocycles. The first-order chi connectivity index (χ1) is 14.0. The lowest BCUT2D eigenvalue weighted by molar-refractivity contribution is -0.144. The molecule has 6 heteroatoms. The molecule has 3 aliphatic rings. The zero-order valence-electron chi connectivity index (χ0n) is 19.1. The van der Waals surface area contributed by atoms with Crippen LogP contribution in [-0.4, -0.2) is 56.1 Å². The summed E-state index contributed by atoms with van der Waals surface area (Å²) in [4.78, 5) is 29.5. The first-order valence-electron chi connectivity index (χ1n) is 11.1. The number of likely N-dealkylation sites (tertiary alicyclic amines) is 2. The van der Waals surface area contributed by atoms with Crippen molar-refractivity contribution in [3.8, 4) is 0 Å². The van der Waals surface area contributed by atoms with Crippen LogP contribution in [0.3, 0.4) is 0 Å². The third-order valence-electron chi connectivity index (χ3n) is 8.17. The molecular weight excluding hydrogens is 378 g/mol. The number of piperazine rings is 1. The van der Waals surface area contributed by atoms with Gasteiger partial charge in [0.05, 0.1) is 23.0 Å². The van der Waals surface area contributed by atoms with Gasteiger partial charge in [0.25, 0.3) is 0 Å². The molecule has 4 atom stereocenters. The van der Waals surface area contributed by atoms with E-state index in [1.54, 1.807) is 4.90 Å². The van der Waals surface area contributed by atoms with E-state index in [0.717, 1.165) is 19.3 Å². The second-order valence-electron chi connectivity index (χ2n) is 10.6. The Kier molecular flexibility index (Phi) is 4.64. The average molecular weight is 414 g/mol. The molecule has 1 N–H and O–H groups in total. The molecule has 4 rings (SSSR count). The third-order valence-corrected chi connectivity index (χ3v) is 8.17. The van der Waals surface area contributed by atoms with Crippen LogP contribution in [-0.2, 0) is 4.79 Å². The molecule has 2 fully saturated rings. The molecule has 164 valence electrons. The van der Waals surface area contributed by atoms with Crippen LogP contribution < -0.4 is 0 Å². The zero-order chi connectivity index (χ0) is 22.1. The number of carboxylic acid groups (broad SMARTS) is 1. The average Bonchev–Trinajstić information content (AvgIpc) is 3.42. The number of hydrogen-bond acceptors (Lipinski definition) is 2. The summed E-state index contributed by atoms with van der Waals surface area (Å²) in [5.41, 5.74) is 1.17. The van der Waals surface area contributed by atoms with Gasteiger partial charge in [-0.2, -0.15) is 0 Å². The van der Waals surface area contributed by atoms with Crippen molar-refractivity contribution >= 4 is 12.0 Å². The van der Waals surface area contributed by atoms with Gasteiger partial charge in [-0.1, -0.05) is 39.8 Å². The van der Waals surface area contributed by atoms with Gasteiger partial charge in [0.15, 0.2) is 0 Å². The molecule has 3 heterocycles. The van der Waals surface area contributed by atoms with Gasteiger partial charge < -0.3 is 14.6 Å². The predicted molar refractivity (Wildman–Crippen MR) is 116 cm³/mol. The van der Waals surface area contributed by atoms with Crippen molar-refractivity contribution in [1.29, 1.82) is 0 Å². The molecule has 2 amide bonds. The summed E-state index contributed by atoms with van der Waals surface area (Å²) in [6.45, 7) is 13.5. The summed E-state index contributed by atoms with van der Waals surface area (Å²) < 4.78 is 2.32. The third kappa shape index (κ3) is 2.75. The van der Waals surface area contributed by atoms with E-state index >= 15 is 0 Å². The van der Waals surface area contributed by atoms with Crippen molar-refractivity contribution in [2.75, 3.05) is 13.1 Å². The zero-order valence-corrected chi connectivity index (χ0v) is 19.1. The maximum atomic E-state index is 13.9. The number of hydrogen-bond donors (Lipinski definition) is 1. The highest BCUT2D eigenvalue weighted by Gasteiger charge is 2.64. The van der Waals surface area contributed by atoms with Gasteiger partial charge in [0, 0.05) is 24.5 Å². The molecule has 6 nitrogen and oxygen atoms in total. The van der Waals surface area contributed by atoms with E-state index in [9.17, 15) is 14.7 Å². The number of rotatable bonds is 3. The van der Waals surface area contributed by atoms with Crippen LogP contribution >= 0.6 is 0 Å². The minimum Gasteiger partial charge on any atom is -0.465 e. The number of fused-ring (bicyclic) bond motifs is 2. The molecule has 2 saturated heterocycles. The number of amides is 2. The van der Waals surface area contributed by atoms with Crippen LogP contribution in [0.15, 0.2) is 24.3 Å². The Morgan fingerprint density at radius 3 is 2.33 bits per heavy atom. The van der Waals surface area contributed by atoms with Crippen molar-refractivity contribution in [1.82, 2.24) is 14.4 Å². The number of aryl methyl sites for hydroxylation is 2. The first-order valence-corrected chi connectivity index (χ1v) is 11.1. The highest BCUT2D eigenvalue weighted by molar-refractivity contribution is 5.87. The molecule has 2 bridgehead atoms. The quantitative estimate of drug-likeness (QED) is 0.748. The van der Waals surface area contributed by atoms with E-state index < -0.39 is 17.0 Å². The van der Waals surface area contributed by atoms with Gasteiger partial charge in [-0.15, -0.1) is 0 Å². The van der Waals surface area contributed by atoms with Crippen molar-refractivity contribution in [3.05, 3.63) is 35.7 Å². The smallest absolute Gasteiger partial charge is 0.407 e. The molecule has 0 spiro atoms. The van der Waals surface area contributed by atoms with E-state index in [2.05, 4.69) is 70.4 Å². The molecule has 0 aromatic carbocycles. The summed E-state index contributed by atoms with van der Waals surface area (Å²) in [6.07, 6.45) is 5.71. The number of aromatic nitrogens is 1. The van der Waals surface area contributed by atoms with Crippen LogP contribution in [0.25, 0.3) is 0 Å². The highest BCUT2D eigenvalue weighted by Crippen LogP contribution is 2.53. The van der Waals surface area contributed by atoms with Gasteiger partial charge >= 0.3 is 6.09 Å². The maximum absolute atomic E-state index is 13.9. The van der Waals surface area contributed by atoms with Crippen LogP contribution in [0, 0.1) is 24.7 Å². The Balaban J connectivity index is 1.61. The molecule has 1 aromatic heterocycles. The number of nitrogens with zero attached hydrogens (tertiary/aromatic N) is 3. The lowest BCUT2D eigenvalue weighted by Crippen LogP contribution is -2.63. The summed E-state index contributed by atoms with van der Waals surface area (Å²) >= 11 is 0. The van der Waals surface area contributed by atoms with E-state index in [-0.39, 0.29) is 23.4 Å². The lowest BCUT2D eigenvalue weighted by atomic mass is 9.72. The van der Waals surface area contributed by atoms with E-state index in [0.29, 0.717) is 13.1 Å². The second-order valence-corrected chi connectivity index (χ2v) is 10.6. The Hall–Kier alpha value is -2.24. The predicted octanol–water partition coefficient (Wildman–Crippen LogP) is 4.38. The van der Waals surface area contributed by atoms with E-state index in [1.165, 1.54) is 11.4 Å². The molecular formula is C24H35N3O3. The molecule has 2 aliphatic heterocycles. The largest absolute Gasteiger partial charge is 0.465 e. The Morgan fingerprint density at radius 2 is 1.80 bits per heavy atom. The fourth-order valence-electron chi connectivity index (χ4n) is 6.21. The van der Waals surface area contributed by atoms with Crippen molar-refractivity contribution in [2.45, 2.75) is 78.4 Å². The van der Waals surface area contributed by atoms with Gasteiger partial charge in [0.1, 0.15) is 0 Å². The van der Waals surface area contributed by atoms with Gasteiger partial charge in [0.2, 0.25) is 5.91 Å². The second kappa shape index (κ2) is 6.63. The summed E-state index contributed by atoms with van der Waals surface area (Å²) in [7, 11) is 0. The van der Waals surface area contributed by atoms with E-state index in [1.807, 2.05) is 4.90 Å². The maximum Gasteiger partial charge on any atom is 0.407 e. The fourth-order valence-corrected chi connectivity index (χ4v) is 6.21.